The quantitative estimate of drug-likeness (QED) is 0.867. The van der Waals surface area contributed by atoms with Crippen LogP contribution in [0.1, 0.15) is 11.5 Å². The van der Waals surface area contributed by atoms with Crippen LogP contribution in [0.5, 0.6) is 0 Å². The van der Waals surface area contributed by atoms with Gasteiger partial charge in [0.15, 0.2) is 0 Å². The highest BCUT2D eigenvalue weighted by Gasteiger charge is 2.24. The van der Waals surface area contributed by atoms with Gasteiger partial charge in [-0.1, -0.05) is 0 Å². The van der Waals surface area contributed by atoms with Crippen molar-refractivity contribution in [1.82, 2.24) is 14.7 Å². The van der Waals surface area contributed by atoms with Gasteiger partial charge < -0.3 is 13.9 Å². The fourth-order valence-electron chi connectivity index (χ4n) is 2.71. The first kappa shape index (κ1) is 14.3. The van der Waals surface area contributed by atoms with Crippen molar-refractivity contribution in [2.45, 2.75) is 13.1 Å². The van der Waals surface area contributed by atoms with Gasteiger partial charge in [0.05, 0.1) is 52.2 Å². The number of rotatable bonds is 6. The van der Waals surface area contributed by atoms with Crippen molar-refractivity contribution < 1.29 is 13.9 Å². The zero-order valence-corrected chi connectivity index (χ0v) is 12.0. The van der Waals surface area contributed by atoms with Crippen molar-refractivity contribution in [1.29, 1.82) is 0 Å². The molecule has 0 unspecified atom stereocenters. The second kappa shape index (κ2) is 6.91. The van der Waals surface area contributed by atoms with Crippen molar-refractivity contribution in [2.75, 3.05) is 33.2 Å². The average Bonchev–Trinajstić information content (AvgIpc) is 3.12. The van der Waals surface area contributed by atoms with Crippen molar-refractivity contribution in [3.05, 3.63) is 48.3 Å². The van der Waals surface area contributed by atoms with Gasteiger partial charge in [-0.05, 0) is 24.3 Å². The molecule has 6 nitrogen and oxygen atoms in total. The van der Waals surface area contributed by atoms with Gasteiger partial charge in [0, 0.05) is 6.54 Å². The molecule has 6 heteroatoms. The largest absolute Gasteiger partial charge is 0.468 e. The molecular weight excluding hydrogens is 270 g/mol. The molecule has 1 N–H and O–H groups in total. The van der Waals surface area contributed by atoms with E-state index in [1.54, 1.807) is 12.5 Å². The van der Waals surface area contributed by atoms with Crippen molar-refractivity contribution in [2.24, 2.45) is 0 Å². The first-order valence-corrected chi connectivity index (χ1v) is 7.16. The van der Waals surface area contributed by atoms with E-state index in [-0.39, 0.29) is 6.61 Å². The van der Waals surface area contributed by atoms with Gasteiger partial charge in [-0.15, -0.1) is 0 Å². The average molecular weight is 291 g/mol. The topological polar surface area (TPSA) is 56.2 Å². The van der Waals surface area contributed by atoms with E-state index in [9.17, 15) is 5.11 Å². The van der Waals surface area contributed by atoms with Crippen LogP contribution < -0.4 is 0 Å². The van der Waals surface area contributed by atoms with E-state index >= 15 is 0 Å². The van der Waals surface area contributed by atoms with Crippen LogP contribution in [0.4, 0.5) is 0 Å². The molecule has 0 radical (unpaired) electrons. The second-order valence-corrected chi connectivity index (χ2v) is 5.36. The van der Waals surface area contributed by atoms with Gasteiger partial charge in [-0.25, -0.2) is 0 Å². The molecule has 2 aromatic heterocycles. The van der Waals surface area contributed by atoms with Crippen LogP contribution >= 0.6 is 0 Å². The SMILES string of the molecule is OCCN1CN(Cc2ccco2)CN(Cc2ccco2)C1. The highest BCUT2D eigenvalue weighted by Crippen LogP contribution is 2.15. The summed E-state index contributed by atoms with van der Waals surface area (Å²) in [6.07, 6.45) is 3.40. The third kappa shape index (κ3) is 3.95. The fourth-order valence-corrected chi connectivity index (χ4v) is 2.71. The maximum absolute atomic E-state index is 9.19. The summed E-state index contributed by atoms with van der Waals surface area (Å²) in [7, 11) is 0. The Morgan fingerprint density at radius 1 is 0.857 bits per heavy atom. The molecule has 0 spiro atoms. The number of furan rings is 2. The van der Waals surface area contributed by atoms with Crippen LogP contribution in [0.3, 0.4) is 0 Å². The summed E-state index contributed by atoms with van der Waals surface area (Å²) in [6, 6.07) is 7.79. The number of hydrogen-bond acceptors (Lipinski definition) is 6. The molecule has 0 aliphatic carbocycles. The third-order valence-electron chi connectivity index (χ3n) is 3.54. The molecule has 3 rings (SSSR count). The molecule has 0 aromatic carbocycles. The van der Waals surface area contributed by atoms with E-state index < -0.39 is 0 Å². The van der Waals surface area contributed by atoms with Gasteiger partial charge in [0.2, 0.25) is 0 Å². The van der Waals surface area contributed by atoms with E-state index in [1.165, 1.54) is 0 Å². The molecule has 3 heterocycles. The smallest absolute Gasteiger partial charge is 0.117 e. The number of aliphatic hydroxyl groups is 1. The van der Waals surface area contributed by atoms with Crippen molar-refractivity contribution >= 4 is 0 Å². The van der Waals surface area contributed by atoms with Crippen LogP contribution in [0, 0.1) is 0 Å². The first-order valence-electron chi connectivity index (χ1n) is 7.16. The van der Waals surface area contributed by atoms with Gasteiger partial charge in [-0.2, -0.15) is 0 Å². The van der Waals surface area contributed by atoms with Crippen molar-refractivity contribution in [3.63, 3.8) is 0 Å². The summed E-state index contributed by atoms with van der Waals surface area (Å²) in [5, 5.41) is 9.19. The van der Waals surface area contributed by atoms with E-state index in [2.05, 4.69) is 14.7 Å². The summed E-state index contributed by atoms with van der Waals surface area (Å²) in [4.78, 5) is 6.80. The van der Waals surface area contributed by atoms with Gasteiger partial charge in [-0.3, -0.25) is 14.7 Å². The number of aliphatic hydroxyl groups excluding tert-OH is 1. The van der Waals surface area contributed by atoms with Crippen LogP contribution in [-0.2, 0) is 13.1 Å². The highest BCUT2D eigenvalue weighted by atomic mass is 16.3. The summed E-state index contributed by atoms with van der Waals surface area (Å²) >= 11 is 0. The maximum atomic E-state index is 9.19. The summed E-state index contributed by atoms with van der Waals surface area (Å²) in [5.74, 6) is 1.91. The number of hydrogen-bond donors (Lipinski definition) is 1. The predicted octanol–water partition coefficient (Wildman–Crippen LogP) is 1.36. The Hall–Kier alpha value is -1.60. The summed E-state index contributed by atoms with van der Waals surface area (Å²) in [6.45, 7) is 4.88. The van der Waals surface area contributed by atoms with E-state index in [4.69, 9.17) is 8.83 Å². The molecule has 0 atom stereocenters. The molecule has 2 aromatic rings. The first-order chi connectivity index (χ1) is 10.3. The Bertz CT molecular complexity index is 468. The maximum Gasteiger partial charge on any atom is 0.117 e. The number of nitrogens with zero attached hydrogens (tertiary/aromatic N) is 3. The lowest BCUT2D eigenvalue weighted by Crippen LogP contribution is -2.54. The Morgan fingerprint density at radius 2 is 1.38 bits per heavy atom. The van der Waals surface area contributed by atoms with Crippen LogP contribution in [0.15, 0.2) is 45.6 Å². The molecule has 1 saturated heterocycles. The van der Waals surface area contributed by atoms with Crippen LogP contribution in [-0.4, -0.2) is 53.0 Å². The zero-order chi connectivity index (χ0) is 14.5. The minimum atomic E-state index is 0.170. The Kier molecular flexibility index (Phi) is 4.72. The van der Waals surface area contributed by atoms with Gasteiger partial charge in [0.25, 0.3) is 0 Å². The lowest BCUT2D eigenvalue weighted by atomic mass is 10.3. The summed E-state index contributed by atoms with van der Waals surface area (Å²) in [5.41, 5.74) is 0. The molecule has 1 fully saturated rings. The Labute approximate surface area is 124 Å². The lowest BCUT2D eigenvalue weighted by Gasteiger charge is -2.41. The minimum absolute atomic E-state index is 0.170. The monoisotopic (exact) mass is 291 g/mol. The molecule has 0 amide bonds. The molecule has 1 aliphatic heterocycles. The molecule has 0 bridgehead atoms. The Balaban J connectivity index is 1.63. The second-order valence-electron chi connectivity index (χ2n) is 5.36. The lowest BCUT2D eigenvalue weighted by molar-refractivity contribution is -0.0477. The van der Waals surface area contributed by atoms with E-state index in [1.807, 2.05) is 24.3 Å². The molecule has 1 aliphatic rings. The van der Waals surface area contributed by atoms with E-state index in [0.717, 1.165) is 44.6 Å². The molecule has 0 saturated carbocycles. The minimum Gasteiger partial charge on any atom is -0.468 e. The van der Waals surface area contributed by atoms with Crippen molar-refractivity contribution in [3.8, 4) is 0 Å². The zero-order valence-electron chi connectivity index (χ0n) is 12.0. The molecule has 114 valence electrons. The van der Waals surface area contributed by atoms with Gasteiger partial charge in [0.1, 0.15) is 11.5 Å². The molecular formula is C15H21N3O3. The predicted molar refractivity (Wildman–Crippen MR) is 76.9 cm³/mol. The Morgan fingerprint density at radius 3 is 1.81 bits per heavy atom. The summed E-state index contributed by atoms with van der Waals surface area (Å²) < 4.78 is 10.9. The van der Waals surface area contributed by atoms with Gasteiger partial charge >= 0.3 is 0 Å². The fraction of sp³-hybridized carbons (Fsp3) is 0.467. The number of β-amino-alcohol motifs (C(OH)–C–C–N with tert-alkyl or cyclic N) is 1. The third-order valence-corrected chi connectivity index (χ3v) is 3.54. The van der Waals surface area contributed by atoms with E-state index in [0.29, 0.717) is 6.54 Å². The standard InChI is InChI=1S/C15H21N3O3/c19-6-5-16-11-17(9-14-3-1-7-20-14)13-18(12-16)10-15-4-2-8-21-15/h1-4,7-8,19H,5-6,9-13H2. The normalized spacial score (nSPS) is 18.3. The molecule has 21 heavy (non-hydrogen) atoms. The highest BCUT2D eigenvalue weighted by molar-refractivity contribution is 4.99. The van der Waals surface area contributed by atoms with Crippen LogP contribution in [0.2, 0.25) is 0 Å². The van der Waals surface area contributed by atoms with Crippen LogP contribution in [0.25, 0.3) is 0 Å².